The van der Waals surface area contributed by atoms with E-state index in [4.69, 9.17) is 10.2 Å². The maximum Gasteiger partial charge on any atom is 0.349 e. The fraction of sp³-hybridized carbons (Fsp3) is 0.286. The Labute approximate surface area is 165 Å². The summed E-state index contributed by atoms with van der Waals surface area (Å²) in [6.45, 7) is 2.15. The first kappa shape index (κ1) is 18.4. The number of primary amides is 1. The largest absolute Gasteiger partial charge is 0.422 e. The van der Waals surface area contributed by atoms with Crippen molar-refractivity contribution in [1.29, 1.82) is 0 Å². The summed E-state index contributed by atoms with van der Waals surface area (Å²) in [5, 5.41) is 3.78. The van der Waals surface area contributed by atoms with Gasteiger partial charge in [0.2, 0.25) is 0 Å². The molecule has 2 amide bonds. The van der Waals surface area contributed by atoms with Gasteiger partial charge in [-0.3, -0.25) is 9.59 Å². The topological polar surface area (TPSA) is 102 Å². The number of amides is 2. The van der Waals surface area contributed by atoms with Crippen molar-refractivity contribution in [2.75, 3.05) is 5.32 Å². The molecule has 2 heterocycles. The van der Waals surface area contributed by atoms with Gasteiger partial charge < -0.3 is 15.5 Å². The van der Waals surface area contributed by atoms with Crippen molar-refractivity contribution in [2.24, 2.45) is 11.7 Å². The molecule has 6 nitrogen and oxygen atoms in total. The van der Waals surface area contributed by atoms with Gasteiger partial charge in [0.15, 0.2) is 0 Å². The summed E-state index contributed by atoms with van der Waals surface area (Å²) < 4.78 is 5.23. The van der Waals surface area contributed by atoms with Crippen LogP contribution in [0.25, 0.3) is 11.0 Å². The molecule has 1 aliphatic carbocycles. The highest BCUT2D eigenvalue weighted by molar-refractivity contribution is 7.17. The standard InChI is InChI=1S/C21H20N2O4S/c1-2-11-7-8-13-16(9-11)28-20(17(13)18(22)24)23-19(25)14-10-12-5-3-4-6-15(12)27-21(14)26/h3-6,10-11H,2,7-9H2,1H3,(H2,22,24)(H,23,25)/t11-/m0/s1. The summed E-state index contributed by atoms with van der Waals surface area (Å²) >= 11 is 1.38. The molecule has 0 aliphatic heterocycles. The summed E-state index contributed by atoms with van der Waals surface area (Å²) in [6.07, 6.45) is 3.73. The van der Waals surface area contributed by atoms with Crippen LogP contribution in [0, 0.1) is 5.92 Å². The molecule has 1 atom stereocenters. The highest BCUT2D eigenvalue weighted by atomic mass is 32.1. The molecule has 2 aromatic heterocycles. The van der Waals surface area contributed by atoms with Gasteiger partial charge >= 0.3 is 5.63 Å². The Morgan fingerprint density at radius 3 is 2.86 bits per heavy atom. The van der Waals surface area contributed by atoms with E-state index in [9.17, 15) is 14.4 Å². The number of thiophene rings is 1. The fourth-order valence-electron chi connectivity index (χ4n) is 3.74. The molecule has 0 bridgehead atoms. The van der Waals surface area contributed by atoms with Gasteiger partial charge in [0.1, 0.15) is 16.1 Å². The SMILES string of the molecule is CC[C@H]1CCc2c(sc(NC(=O)c3cc4ccccc4oc3=O)c2C(N)=O)C1. The number of nitrogens with one attached hydrogen (secondary N) is 1. The zero-order chi connectivity index (χ0) is 19.8. The molecular weight excluding hydrogens is 376 g/mol. The zero-order valence-corrected chi connectivity index (χ0v) is 16.2. The van der Waals surface area contributed by atoms with Gasteiger partial charge in [-0.05, 0) is 42.9 Å². The van der Waals surface area contributed by atoms with Crippen LogP contribution in [0.1, 0.15) is 50.9 Å². The average molecular weight is 396 g/mol. The molecule has 0 saturated heterocycles. The maximum absolute atomic E-state index is 12.8. The minimum absolute atomic E-state index is 0.105. The predicted molar refractivity (Wildman–Crippen MR) is 109 cm³/mol. The van der Waals surface area contributed by atoms with Gasteiger partial charge in [0, 0.05) is 10.3 Å². The molecule has 4 rings (SSSR count). The van der Waals surface area contributed by atoms with Crippen molar-refractivity contribution in [1.82, 2.24) is 0 Å². The summed E-state index contributed by atoms with van der Waals surface area (Å²) in [6, 6.07) is 8.48. The number of fused-ring (bicyclic) bond motifs is 2. The van der Waals surface area contributed by atoms with Crippen molar-refractivity contribution in [3.05, 3.63) is 62.3 Å². The molecule has 7 heteroatoms. The Kier molecular flexibility index (Phi) is 4.77. The highest BCUT2D eigenvalue weighted by Gasteiger charge is 2.28. The van der Waals surface area contributed by atoms with E-state index in [1.165, 1.54) is 17.4 Å². The Balaban J connectivity index is 1.70. The van der Waals surface area contributed by atoms with Crippen LogP contribution >= 0.6 is 11.3 Å². The van der Waals surface area contributed by atoms with E-state index in [1.807, 2.05) is 0 Å². The van der Waals surface area contributed by atoms with Crippen LogP contribution in [0.2, 0.25) is 0 Å². The Bertz CT molecular complexity index is 1150. The zero-order valence-electron chi connectivity index (χ0n) is 15.4. The lowest BCUT2D eigenvalue weighted by molar-refractivity contribution is 0.1000. The first-order valence-corrected chi connectivity index (χ1v) is 10.1. The second-order valence-corrected chi connectivity index (χ2v) is 8.13. The smallest absolute Gasteiger partial charge is 0.349 e. The second kappa shape index (κ2) is 7.24. The lowest BCUT2D eigenvalue weighted by Crippen LogP contribution is -2.23. The quantitative estimate of drug-likeness (QED) is 0.656. The van der Waals surface area contributed by atoms with Crippen LogP contribution in [0.15, 0.2) is 39.5 Å². The van der Waals surface area contributed by atoms with Gasteiger partial charge in [0.25, 0.3) is 11.8 Å². The van der Waals surface area contributed by atoms with Crippen LogP contribution in [0.5, 0.6) is 0 Å². The number of hydrogen-bond donors (Lipinski definition) is 2. The summed E-state index contributed by atoms with van der Waals surface area (Å²) in [7, 11) is 0. The molecule has 0 fully saturated rings. The fourth-order valence-corrected chi connectivity index (χ4v) is 5.10. The van der Waals surface area contributed by atoms with Crippen molar-refractivity contribution < 1.29 is 14.0 Å². The minimum atomic E-state index is -0.718. The lowest BCUT2D eigenvalue weighted by atomic mass is 9.85. The number of hydrogen-bond acceptors (Lipinski definition) is 5. The number of nitrogens with two attached hydrogens (primary N) is 1. The van der Waals surface area contributed by atoms with Gasteiger partial charge in [-0.15, -0.1) is 11.3 Å². The van der Waals surface area contributed by atoms with E-state index in [2.05, 4.69) is 12.2 Å². The number of carbonyl (C=O) groups is 2. The molecule has 28 heavy (non-hydrogen) atoms. The molecule has 3 N–H and O–H groups in total. The molecule has 144 valence electrons. The molecule has 1 aliphatic rings. The highest BCUT2D eigenvalue weighted by Crippen LogP contribution is 2.40. The summed E-state index contributed by atoms with van der Waals surface area (Å²) in [5.41, 5.74) is 6.50. The third-order valence-electron chi connectivity index (χ3n) is 5.30. The molecule has 0 saturated carbocycles. The Morgan fingerprint density at radius 2 is 2.11 bits per heavy atom. The summed E-state index contributed by atoms with van der Waals surface area (Å²) in [4.78, 5) is 38.2. The number of anilines is 1. The van der Waals surface area contributed by atoms with E-state index in [1.54, 1.807) is 24.3 Å². The molecule has 0 radical (unpaired) electrons. The summed E-state index contributed by atoms with van der Waals surface area (Å²) in [5.74, 6) is -0.594. The van der Waals surface area contributed by atoms with Gasteiger partial charge in [0.05, 0.1) is 5.56 Å². The number of para-hydroxylation sites is 1. The van der Waals surface area contributed by atoms with E-state index in [-0.39, 0.29) is 5.56 Å². The van der Waals surface area contributed by atoms with Crippen molar-refractivity contribution in [3.8, 4) is 0 Å². The number of carbonyl (C=O) groups excluding carboxylic acids is 2. The lowest BCUT2D eigenvalue weighted by Gasteiger charge is -2.20. The van der Waals surface area contributed by atoms with E-state index >= 15 is 0 Å². The average Bonchev–Trinajstić information content (AvgIpc) is 3.04. The monoisotopic (exact) mass is 396 g/mol. The van der Waals surface area contributed by atoms with E-state index in [0.717, 1.165) is 36.1 Å². The molecular formula is C21H20N2O4S. The van der Waals surface area contributed by atoms with Gasteiger partial charge in [-0.25, -0.2) is 4.79 Å². The second-order valence-electron chi connectivity index (χ2n) is 7.03. The third kappa shape index (κ3) is 3.22. The maximum atomic E-state index is 12.8. The van der Waals surface area contributed by atoms with Crippen LogP contribution in [-0.4, -0.2) is 11.8 Å². The Morgan fingerprint density at radius 1 is 1.32 bits per heavy atom. The molecule has 0 unspecified atom stereocenters. The van der Waals surface area contributed by atoms with Crippen molar-refractivity contribution in [2.45, 2.75) is 32.6 Å². The van der Waals surface area contributed by atoms with Crippen molar-refractivity contribution in [3.63, 3.8) is 0 Å². The van der Waals surface area contributed by atoms with Gasteiger partial charge in [-0.2, -0.15) is 0 Å². The number of benzene rings is 1. The van der Waals surface area contributed by atoms with Crippen LogP contribution in [0.4, 0.5) is 5.00 Å². The van der Waals surface area contributed by atoms with Crippen molar-refractivity contribution >= 4 is 39.1 Å². The Hall–Kier alpha value is -2.93. The first-order chi connectivity index (χ1) is 13.5. The molecule has 0 spiro atoms. The predicted octanol–water partition coefficient (Wildman–Crippen LogP) is 3.72. The first-order valence-electron chi connectivity index (χ1n) is 9.26. The molecule has 1 aromatic carbocycles. The van der Waals surface area contributed by atoms with Crippen LogP contribution in [-0.2, 0) is 12.8 Å². The molecule has 3 aromatic rings. The van der Waals surface area contributed by atoms with E-state index in [0.29, 0.717) is 27.5 Å². The van der Waals surface area contributed by atoms with Gasteiger partial charge in [-0.1, -0.05) is 31.5 Å². The minimum Gasteiger partial charge on any atom is -0.422 e. The van der Waals surface area contributed by atoms with Crippen LogP contribution < -0.4 is 16.7 Å². The normalized spacial score (nSPS) is 16.0. The van der Waals surface area contributed by atoms with E-state index < -0.39 is 17.4 Å². The third-order valence-corrected chi connectivity index (χ3v) is 6.47. The number of rotatable bonds is 4. The van der Waals surface area contributed by atoms with Crippen LogP contribution in [0.3, 0.4) is 0 Å².